The number of aryl methyl sites for hydroxylation is 1. The Morgan fingerprint density at radius 1 is 1.44 bits per heavy atom. The van der Waals surface area contributed by atoms with Crippen molar-refractivity contribution in [1.29, 1.82) is 0 Å². The van der Waals surface area contributed by atoms with Gasteiger partial charge in [0.1, 0.15) is 11.9 Å². The minimum absolute atomic E-state index is 0. The molecular weight excluding hydrogens is 222 g/mol. The summed E-state index contributed by atoms with van der Waals surface area (Å²) in [6.45, 7) is 4.28. The average Bonchev–Trinajstić information content (AvgIpc) is 2.31. The normalized spacial score (nSPS) is 19.9. The molecule has 0 saturated carbocycles. The number of hydrogen-bond donors (Lipinski definition) is 1. The van der Waals surface area contributed by atoms with Gasteiger partial charge in [0.15, 0.2) is 0 Å². The van der Waals surface area contributed by atoms with Gasteiger partial charge in [0.05, 0.1) is 0 Å². The zero-order chi connectivity index (χ0) is 10.5. The van der Waals surface area contributed by atoms with Gasteiger partial charge in [-0.25, -0.2) is 0 Å². The van der Waals surface area contributed by atoms with Crippen LogP contribution < -0.4 is 10.1 Å². The van der Waals surface area contributed by atoms with Gasteiger partial charge in [-0.15, -0.1) is 12.4 Å². The highest BCUT2D eigenvalue weighted by Crippen LogP contribution is 2.17. The molecule has 0 aromatic heterocycles. The van der Waals surface area contributed by atoms with E-state index in [1.54, 1.807) is 0 Å². The molecule has 1 N–H and O–H groups in total. The van der Waals surface area contributed by atoms with Crippen LogP contribution in [0.3, 0.4) is 0 Å². The summed E-state index contributed by atoms with van der Waals surface area (Å²) in [5.41, 5.74) is 1.34. The van der Waals surface area contributed by atoms with E-state index in [9.17, 15) is 0 Å². The third-order valence-corrected chi connectivity index (χ3v) is 2.86. The molecular formula is C13H20ClNO. The molecule has 1 aromatic carbocycles. The SMILES string of the molecule is CCc1cccc(OC2CCCNC2)c1.Cl. The van der Waals surface area contributed by atoms with Crippen molar-refractivity contribution in [3.8, 4) is 5.75 Å². The molecule has 0 spiro atoms. The van der Waals surface area contributed by atoms with Gasteiger partial charge in [-0.3, -0.25) is 0 Å². The van der Waals surface area contributed by atoms with Crippen molar-refractivity contribution in [3.63, 3.8) is 0 Å². The maximum atomic E-state index is 5.94. The summed E-state index contributed by atoms with van der Waals surface area (Å²) in [5, 5.41) is 3.36. The fraction of sp³-hybridized carbons (Fsp3) is 0.538. The number of piperidine rings is 1. The van der Waals surface area contributed by atoms with Crippen LogP contribution in [0.2, 0.25) is 0 Å². The van der Waals surface area contributed by atoms with E-state index in [0.717, 1.165) is 25.3 Å². The second-order valence-corrected chi connectivity index (χ2v) is 4.09. The molecule has 1 unspecified atom stereocenters. The first-order valence-corrected chi connectivity index (χ1v) is 5.85. The van der Waals surface area contributed by atoms with Crippen LogP contribution in [0.5, 0.6) is 5.75 Å². The van der Waals surface area contributed by atoms with Gasteiger partial charge in [0, 0.05) is 6.54 Å². The zero-order valence-corrected chi connectivity index (χ0v) is 10.6. The van der Waals surface area contributed by atoms with Gasteiger partial charge in [-0.1, -0.05) is 19.1 Å². The number of benzene rings is 1. The van der Waals surface area contributed by atoms with E-state index in [1.165, 1.54) is 18.4 Å². The molecule has 16 heavy (non-hydrogen) atoms. The van der Waals surface area contributed by atoms with Gasteiger partial charge in [-0.2, -0.15) is 0 Å². The molecule has 1 saturated heterocycles. The van der Waals surface area contributed by atoms with Gasteiger partial charge in [0.25, 0.3) is 0 Å². The number of ether oxygens (including phenoxy) is 1. The van der Waals surface area contributed by atoms with Crippen molar-refractivity contribution in [1.82, 2.24) is 5.32 Å². The molecule has 3 heteroatoms. The molecule has 2 nitrogen and oxygen atoms in total. The van der Waals surface area contributed by atoms with Gasteiger partial charge in [-0.05, 0) is 43.5 Å². The van der Waals surface area contributed by atoms with Crippen LogP contribution >= 0.6 is 12.4 Å². The largest absolute Gasteiger partial charge is 0.489 e. The van der Waals surface area contributed by atoms with E-state index in [0.29, 0.717) is 6.10 Å². The zero-order valence-electron chi connectivity index (χ0n) is 9.74. The van der Waals surface area contributed by atoms with Crippen LogP contribution in [-0.4, -0.2) is 19.2 Å². The minimum Gasteiger partial charge on any atom is -0.489 e. The molecule has 0 bridgehead atoms. The van der Waals surface area contributed by atoms with Crippen molar-refractivity contribution >= 4 is 12.4 Å². The first kappa shape index (κ1) is 13.3. The highest BCUT2D eigenvalue weighted by Gasteiger charge is 2.13. The van der Waals surface area contributed by atoms with Crippen molar-refractivity contribution in [2.45, 2.75) is 32.3 Å². The summed E-state index contributed by atoms with van der Waals surface area (Å²) in [5.74, 6) is 1.02. The van der Waals surface area contributed by atoms with Crippen molar-refractivity contribution in [2.75, 3.05) is 13.1 Å². The summed E-state index contributed by atoms with van der Waals surface area (Å²) >= 11 is 0. The van der Waals surface area contributed by atoms with Crippen LogP contribution in [0, 0.1) is 0 Å². The quantitative estimate of drug-likeness (QED) is 0.879. The maximum Gasteiger partial charge on any atom is 0.120 e. The molecule has 1 atom stereocenters. The van der Waals surface area contributed by atoms with Crippen LogP contribution in [0.1, 0.15) is 25.3 Å². The van der Waals surface area contributed by atoms with Crippen molar-refractivity contribution in [2.24, 2.45) is 0 Å². The third kappa shape index (κ3) is 3.69. The van der Waals surface area contributed by atoms with Crippen molar-refractivity contribution in [3.05, 3.63) is 29.8 Å². The Labute approximate surface area is 104 Å². The Balaban J connectivity index is 0.00000128. The number of nitrogens with one attached hydrogen (secondary N) is 1. The second-order valence-electron chi connectivity index (χ2n) is 4.09. The average molecular weight is 242 g/mol. The molecule has 0 amide bonds. The predicted octanol–water partition coefficient (Wildman–Crippen LogP) is 2.80. The van der Waals surface area contributed by atoms with Gasteiger partial charge in [0.2, 0.25) is 0 Å². The maximum absolute atomic E-state index is 5.94. The van der Waals surface area contributed by atoms with E-state index in [-0.39, 0.29) is 12.4 Å². The Bertz CT molecular complexity index is 311. The lowest BCUT2D eigenvalue weighted by Crippen LogP contribution is -2.37. The lowest BCUT2D eigenvalue weighted by atomic mass is 10.1. The first-order chi connectivity index (χ1) is 7.38. The fourth-order valence-corrected chi connectivity index (χ4v) is 1.95. The number of rotatable bonds is 3. The lowest BCUT2D eigenvalue weighted by Gasteiger charge is -2.24. The summed E-state index contributed by atoms with van der Waals surface area (Å²) in [4.78, 5) is 0. The molecule has 0 radical (unpaired) electrons. The highest BCUT2D eigenvalue weighted by molar-refractivity contribution is 5.85. The minimum atomic E-state index is 0. The smallest absolute Gasteiger partial charge is 0.120 e. The molecule has 1 aromatic rings. The van der Waals surface area contributed by atoms with Crippen LogP contribution in [0.15, 0.2) is 24.3 Å². The summed E-state index contributed by atoms with van der Waals surface area (Å²) in [6, 6.07) is 8.42. The summed E-state index contributed by atoms with van der Waals surface area (Å²) < 4.78 is 5.94. The van der Waals surface area contributed by atoms with Gasteiger partial charge < -0.3 is 10.1 Å². The third-order valence-electron chi connectivity index (χ3n) is 2.86. The molecule has 2 rings (SSSR count). The van der Waals surface area contributed by atoms with E-state index < -0.39 is 0 Å². The Morgan fingerprint density at radius 3 is 3.00 bits per heavy atom. The fourth-order valence-electron chi connectivity index (χ4n) is 1.95. The lowest BCUT2D eigenvalue weighted by molar-refractivity contribution is 0.167. The standard InChI is InChI=1S/C13H19NO.ClH/c1-2-11-5-3-6-12(9-11)15-13-7-4-8-14-10-13;/h3,5-6,9,13-14H,2,4,7-8,10H2,1H3;1H. The van der Waals surface area contributed by atoms with E-state index in [2.05, 4.69) is 30.4 Å². The second kappa shape index (κ2) is 6.77. The monoisotopic (exact) mass is 241 g/mol. The highest BCUT2D eigenvalue weighted by atomic mass is 35.5. The number of halogens is 1. The van der Waals surface area contributed by atoms with Crippen molar-refractivity contribution < 1.29 is 4.74 Å². The molecule has 1 aliphatic rings. The molecule has 1 aliphatic heterocycles. The van der Waals surface area contributed by atoms with Crippen LogP contribution in [0.4, 0.5) is 0 Å². The Hall–Kier alpha value is -0.730. The Kier molecular flexibility index (Phi) is 5.64. The molecule has 1 fully saturated rings. The van der Waals surface area contributed by atoms with Gasteiger partial charge >= 0.3 is 0 Å². The van der Waals surface area contributed by atoms with E-state index in [1.807, 2.05) is 6.07 Å². The predicted molar refractivity (Wildman–Crippen MR) is 69.6 cm³/mol. The van der Waals surface area contributed by atoms with Crippen LogP contribution in [0.25, 0.3) is 0 Å². The summed E-state index contributed by atoms with van der Waals surface area (Å²) in [6.07, 6.45) is 3.81. The van der Waals surface area contributed by atoms with E-state index in [4.69, 9.17) is 4.74 Å². The molecule has 90 valence electrons. The topological polar surface area (TPSA) is 21.3 Å². The van der Waals surface area contributed by atoms with Crippen LogP contribution in [-0.2, 0) is 6.42 Å². The number of hydrogen-bond acceptors (Lipinski definition) is 2. The Morgan fingerprint density at radius 2 is 2.31 bits per heavy atom. The molecule has 1 heterocycles. The first-order valence-electron chi connectivity index (χ1n) is 5.85. The molecule has 0 aliphatic carbocycles. The summed E-state index contributed by atoms with van der Waals surface area (Å²) in [7, 11) is 0. The van der Waals surface area contributed by atoms with E-state index >= 15 is 0 Å².